The molecule has 2 aromatic rings. The van der Waals surface area contributed by atoms with E-state index in [-0.39, 0.29) is 11.8 Å². The number of phenols is 1. The lowest BCUT2D eigenvalue weighted by atomic mass is 10.0. The number of hydrogen-bond donors (Lipinski definition) is 2. The molecule has 3 rings (SSSR count). The Morgan fingerprint density at radius 3 is 3.05 bits per heavy atom. The molecule has 1 aliphatic heterocycles. The summed E-state index contributed by atoms with van der Waals surface area (Å²) in [6.45, 7) is 2.57. The molecule has 0 aliphatic carbocycles. The summed E-state index contributed by atoms with van der Waals surface area (Å²) in [7, 11) is 0. The van der Waals surface area contributed by atoms with Gasteiger partial charge in [0, 0.05) is 17.0 Å². The van der Waals surface area contributed by atoms with Gasteiger partial charge >= 0.3 is 6.03 Å². The number of phenolic OH excluding ortho intramolecular Hbond substituents is 1. The third-order valence-corrected chi connectivity index (χ3v) is 5.35. The first kappa shape index (κ1) is 14.3. The Bertz CT molecular complexity index is 682. The van der Waals surface area contributed by atoms with Gasteiger partial charge in [0.05, 0.1) is 5.69 Å². The van der Waals surface area contributed by atoms with Gasteiger partial charge in [0.25, 0.3) is 0 Å². The van der Waals surface area contributed by atoms with Crippen LogP contribution in [0.15, 0.2) is 22.8 Å². The second kappa shape index (κ2) is 5.65. The molecule has 2 N–H and O–H groups in total. The molecule has 0 radical (unpaired) electrons. The van der Waals surface area contributed by atoms with Crippen LogP contribution in [0.3, 0.4) is 0 Å². The molecule has 2 amide bonds. The molecule has 0 fully saturated rings. The fourth-order valence-corrected chi connectivity index (χ4v) is 3.64. The lowest BCUT2D eigenvalue weighted by Gasteiger charge is -2.29. The Morgan fingerprint density at radius 2 is 2.33 bits per heavy atom. The third kappa shape index (κ3) is 2.75. The average molecular weight is 368 g/mol. The van der Waals surface area contributed by atoms with E-state index in [1.807, 2.05) is 13.0 Å². The number of amides is 2. The first-order valence-electron chi connectivity index (χ1n) is 6.58. The number of halogens is 1. The monoisotopic (exact) mass is 367 g/mol. The maximum absolute atomic E-state index is 12.4. The molecule has 1 aromatic heterocycles. The van der Waals surface area contributed by atoms with Crippen molar-refractivity contribution >= 4 is 44.1 Å². The van der Waals surface area contributed by atoms with Crippen LogP contribution >= 0.6 is 27.3 Å². The van der Waals surface area contributed by atoms with Crippen molar-refractivity contribution in [3.63, 3.8) is 0 Å². The minimum Gasteiger partial charge on any atom is -0.508 e. The van der Waals surface area contributed by atoms with Crippen LogP contribution in [0.25, 0.3) is 0 Å². The number of aromatic nitrogens is 1. The molecule has 21 heavy (non-hydrogen) atoms. The van der Waals surface area contributed by atoms with E-state index in [9.17, 15) is 9.90 Å². The summed E-state index contributed by atoms with van der Waals surface area (Å²) in [4.78, 5) is 19.4. The number of thiazole rings is 1. The number of aryl methyl sites for hydroxylation is 1. The molecule has 2 heterocycles. The molecule has 0 bridgehead atoms. The topological polar surface area (TPSA) is 65.5 Å². The second-order valence-corrected chi connectivity index (χ2v) is 6.78. The van der Waals surface area contributed by atoms with Crippen molar-refractivity contribution in [1.82, 2.24) is 4.98 Å². The van der Waals surface area contributed by atoms with Crippen LogP contribution < -0.4 is 10.2 Å². The number of hydrogen-bond acceptors (Lipinski definition) is 4. The van der Waals surface area contributed by atoms with Crippen LogP contribution in [-0.2, 0) is 6.42 Å². The SMILES string of the molecule is Cc1sc(NC(=O)N2CCCc3c(O)cccc32)nc1Br. The van der Waals surface area contributed by atoms with Crippen molar-refractivity contribution in [2.24, 2.45) is 0 Å². The molecule has 0 saturated heterocycles. The van der Waals surface area contributed by atoms with Crippen LogP contribution in [0, 0.1) is 6.92 Å². The number of fused-ring (bicyclic) bond motifs is 1. The summed E-state index contributed by atoms with van der Waals surface area (Å²) in [5.74, 6) is 0.248. The zero-order chi connectivity index (χ0) is 15.0. The maximum atomic E-state index is 12.4. The molecular formula is C14H14BrN3O2S. The molecule has 0 saturated carbocycles. The van der Waals surface area contributed by atoms with Gasteiger partial charge in [0.2, 0.25) is 0 Å². The van der Waals surface area contributed by atoms with E-state index in [4.69, 9.17) is 0 Å². The number of urea groups is 1. The summed E-state index contributed by atoms with van der Waals surface area (Å²) in [6, 6.07) is 5.05. The summed E-state index contributed by atoms with van der Waals surface area (Å²) < 4.78 is 0.750. The van der Waals surface area contributed by atoms with Crippen molar-refractivity contribution in [2.45, 2.75) is 19.8 Å². The van der Waals surface area contributed by atoms with Crippen molar-refractivity contribution < 1.29 is 9.90 Å². The molecular weight excluding hydrogens is 354 g/mol. The normalized spacial score (nSPS) is 13.9. The van der Waals surface area contributed by atoms with Crippen LogP contribution in [0.1, 0.15) is 16.9 Å². The zero-order valence-corrected chi connectivity index (χ0v) is 13.8. The highest BCUT2D eigenvalue weighted by Gasteiger charge is 2.25. The third-order valence-electron chi connectivity index (χ3n) is 3.42. The molecule has 0 atom stereocenters. The number of nitrogens with one attached hydrogen (secondary N) is 1. The first-order chi connectivity index (χ1) is 10.1. The van der Waals surface area contributed by atoms with E-state index in [2.05, 4.69) is 26.2 Å². The molecule has 0 spiro atoms. The minimum atomic E-state index is -0.220. The van der Waals surface area contributed by atoms with Crippen LogP contribution in [0.2, 0.25) is 0 Å². The molecule has 7 heteroatoms. The molecule has 110 valence electrons. The fourth-order valence-electron chi connectivity index (χ4n) is 2.41. The number of rotatable bonds is 1. The summed E-state index contributed by atoms with van der Waals surface area (Å²) >= 11 is 4.76. The summed E-state index contributed by atoms with van der Waals surface area (Å²) in [5, 5.41) is 13.3. The van der Waals surface area contributed by atoms with Gasteiger partial charge in [-0.3, -0.25) is 10.2 Å². The molecule has 5 nitrogen and oxygen atoms in total. The minimum absolute atomic E-state index is 0.220. The Balaban J connectivity index is 1.85. The number of nitrogens with zero attached hydrogens (tertiary/aromatic N) is 2. The molecule has 0 unspecified atom stereocenters. The summed E-state index contributed by atoms with van der Waals surface area (Å²) in [5.41, 5.74) is 1.60. The van der Waals surface area contributed by atoms with Crippen LogP contribution in [0.4, 0.5) is 15.6 Å². The van der Waals surface area contributed by atoms with Gasteiger partial charge in [-0.15, -0.1) is 11.3 Å². The van der Waals surface area contributed by atoms with Crippen molar-refractivity contribution in [2.75, 3.05) is 16.8 Å². The van der Waals surface area contributed by atoms with E-state index >= 15 is 0 Å². The van der Waals surface area contributed by atoms with Gasteiger partial charge in [0.1, 0.15) is 10.4 Å². The first-order valence-corrected chi connectivity index (χ1v) is 8.19. The van der Waals surface area contributed by atoms with Crippen molar-refractivity contribution in [3.8, 4) is 5.75 Å². The predicted octanol–water partition coefficient (Wildman–Crippen LogP) is 3.90. The number of carbonyl (C=O) groups excluding carboxylic acids is 1. The Morgan fingerprint density at radius 1 is 1.52 bits per heavy atom. The number of carbonyl (C=O) groups is 1. The average Bonchev–Trinajstić information content (AvgIpc) is 2.77. The van der Waals surface area contributed by atoms with E-state index in [1.165, 1.54) is 11.3 Å². The fraction of sp³-hybridized carbons (Fsp3) is 0.286. The van der Waals surface area contributed by atoms with Crippen molar-refractivity contribution in [3.05, 3.63) is 33.2 Å². The van der Waals surface area contributed by atoms with Gasteiger partial charge in [0.15, 0.2) is 5.13 Å². The largest absolute Gasteiger partial charge is 0.508 e. The lowest BCUT2D eigenvalue weighted by molar-refractivity contribution is 0.256. The van der Waals surface area contributed by atoms with Gasteiger partial charge < -0.3 is 5.11 Å². The maximum Gasteiger partial charge on any atom is 0.328 e. The highest BCUT2D eigenvalue weighted by atomic mass is 79.9. The Labute approximate surface area is 134 Å². The lowest BCUT2D eigenvalue weighted by Crippen LogP contribution is -2.38. The van der Waals surface area contributed by atoms with Gasteiger partial charge in [-0.2, -0.15) is 0 Å². The van der Waals surface area contributed by atoms with E-state index < -0.39 is 0 Å². The van der Waals surface area contributed by atoms with E-state index in [1.54, 1.807) is 17.0 Å². The Kier molecular flexibility index (Phi) is 3.86. The zero-order valence-electron chi connectivity index (χ0n) is 11.4. The smallest absolute Gasteiger partial charge is 0.328 e. The molecule has 1 aromatic carbocycles. The number of benzene rings is 1. The quantitative estimate of drug-likeness (QED) is 0.802. The number of anilines is 2. The van der Waals surface area contributed by atoms with Gasteiger partial charge in [-0.1, -0.05) is 6.07 Å². The summed E-state index contributed by atoms with van der Waals surface area (Å²) in [6.07, 6.45) is 1.62. The predicted molar refractivity (Wildman–Crippen MR) is 87.3 cm³/mol. The van der Waals surface area contributed by atoms with Crippen molar-refractivity contribution in [1.29, 1.82) is 0 Å². The number of aromatic hydroxyl groups is 1. The second-order valence-electron chi connectivity index (χ2n) is 4.83. The Hall–Kier alpha value is -1.60. The van der Waals surface area contributed by atoms with Crippen LogP contribution in [0.5, 0.6) is 5.75 Å². The van der Waals surface area contributed by atoms with Gasteiger partial charge in [-0.25, -0.2) is 9.78 Å². The highest BCUT2D eigenvalue weighted by molar-refractivity contribution is 9.10. The van der Waals surface area contributed by atoms with E-state index in [0.717, 1.165) is 33.6 Å². The highest BCUT2D eigenvalue weighted by Crippen LogP contribution is 2.34. The molecule has 1 aliphatic rings. The van der Waals surface area contributed by atoms with Gasteiger partial charge in [-0.05, 0) is 47.8 Å². The standard InChI is InChI=1S/C14H14BrN3O2S/c1-8-12(15)16-13(21-8)17-14(20)18-7-3-4-9-10(18)5-2-6-11(9)19/h2,5-6,19H,3-4,7H2,1H3,(H,16,17,20). The van der Waals surface area contributed by atoms with Crippen LogP contribution in [-0.4, -0.2) is 22.7 Å². The van der Waals surface area contributed by atoms with E-state index in [0.29, 0.717) is 11.7 Å².